The van der Waals surface area contributed by atoms with Gasteiger partial charge in [-0.05, 0) is 36.4 Å². The molecular formula is C18H17NO5. The summed E-state index contributed by atoms with van der Waals surface area (Å²) < 4.78 is 22.5. The molecule has 4 rings (SSSR count). The Balaban J connectivity index is 1.70. The molecule has 0 amide bonds. The van der Waals surface area contributed by atoms with Gasteiger partial charge in [-0.1, -0.05) is 6.07 Å². The van der Waals surface area contributed by atoms with Gasteiger partial charge in [-0.15, -0.1) is 0 Å². The first-order valence-electron chi connectivity index (χ1n) is 7.65. The Kier molecular flexibility index (Phi) is 3.66. The standard InChI is InChI=1S/C18H17NO5/c1-21-12-3-5-15-13(9-12)14(19-20)10-17(24-15)11-2-4-16-18(8-11)23-7-6-22-16/h2-5,8-10,17,19-20H,6-7H2,1H3. The van der Waals surface area contributed by atoms with Crippen molar-refractivity contribution in [2.75, 3.05) is 20.3 Å². The third-order valence-corrected chi connectivity index (χ3v) is 4.06. The summed E-state index contributed by atoms with van der Waals surface area (Å²) in [5.41, 5.74) is 4.46. The van der Waals surface area contributed by atoms with E-state index in [0.717, 1.165) is 16.9 Å². The summed E-state index contributed by atoms with van der Waals surface area (Å²) in [6, 6.07) is 11.2. The molecule has 2 heterocycles. The molecule has 124 valence electrons. The molecule has 0 aromatic heterocycles. The minimum absolute atomic E-state index is 0.351. The molecule has 0 spiro atoms. The van der Waals surface area contributed by atoms with E-state index in [-0.39, 0.29) is 6.10 Å². The molecule has 2 aliphatic rings. The van der Waals surface area contributed by atoms with Crippen molar-refractivity contribution in [1.29, 1.82) is 0 Å². The molecule has 1 atom stereocenters. The number of rotatable bonds is 3. The first-order chi connectivity index (χ1) is 11.8. The lowest BCUT2D eigenvalue weighted by atomic mass is 10.0. The lowest BCUT2D eigenvalue weighted by Crippen LogP contribution is -2.18. The fourth-order valence-electron chi connectivity index (χ4n) is 2.86. The number of fused-ring (bicyclic) bond motifs is 2. The van der Waals surface area contributed by atoms with Crippen LogP contribution < -0.4 is 24.4 Å². The van der Waals surface area contributed by atoms with Crippen LogP contribution in [0.1, 0.15) is 17.2 Å². The first kappa shape index (κ1) is 14.7. The van der Waals surface area contributed by atoms with Crippen LogP contribution in [-0.2, 0) is 0 Å². The van der Waals surface area contributed by atoms with E-state index >= 15 is 0 Å². The van der Waals surface area contributed by atoms with Gasteiger partial charge >= 0.3 is 0 Å². The second-order valence-corrected chi connectivity index (χ2v) is 5.50. The fourth-order valence-corrected chi connectivity index (χ4v) is 2.86. The van der Waals surface area contributed by atoms with E-state index < -0.39 is 0 Å². The Hall–Kier alpha value is -2.86. The number of hydrogen-bond acceptors (Lipinski definition) is 6. The van der Waals surface area contributed by atoms with Crippen LogP contribution >= 0.6 is 0 Å². The summed E-state index contributed by atoms with van der Waals surface area (Å²) in [7, 11) is 1.60. The lowest BCUT2D eigenvalue weighted by molar-refractivity contribution is 0.170. The van der Waals surface area contributed by atoms with Gasteiger partial charge < -0.3 is 18.9 Å². The van der Waals surface area contributed by atoms with E-state index in [4.69, 9.17) is 18.9 Å². The fraction of sp³-hybridized carbons (Fsp3) is 0.222. The highest BCUT2D eigenvalue weighted by Gasteiger charge is 2.24. The van der Waals surface area contributed by atoms with E-state index in [1.54, 1.807) is 7.11 Å². The van der Waals surface area contributed by atoms with E-state index in [9.17, 15) is 5.21 Å². The zero-order chi connectivity index (χ0) is 16.5. The second kappa shape index (κ2) is 5.98. The predicted molar refractivity (Wildman–Crippen MR) is 86.7 cm³/mol. The Morgan fingerprint density at radius 1 is 1.04 bits per heavy atom. The van der Waals surface area contributed by atoms with Gasteiger partial charge in [0.05, 0.1) is 12.8 Å². The van der Waals surface area contributed by atoms with Crippen molar-refractivity contribution >= 4 is 5.70 Å². The highest BCUT2D eigenvalue weighted by atomic mass is 16.6. The number of benzene rings is 2. The van der Waals surface area contributed by atoms with Gasteiger partial charge in [0.1, 0.15) is 30.8 Å². The van der Waals surface area contributed by atoms with Crippen molar-refractivity contribution < 1.29 is 24.2 Å². The maximum absolute atomic E-state index is 9.50. The summed E-state index contributed by atoms with van der Waals surface area (Å²) in [5, 5.41) is 9.50. The van der Waals surface area contributed by atoms with Crippen LogP contribution in [0.15, 0.2) is 42.5 Å². The molecule has 24 heavy (non-hydrogen) atoms. The van der Waals surface area contributed by atoms with Crippen LogP contribution in [0, 0.1) is 0 Å². The Morgan fingerprint density at radius 3 is 2.62 bits per heavy atom. The summed E-state index contributed by atoms with van der Waals surface area (Å²) >= 11 is 0. The third kappa shape index (κ3) is 2.51. The Bertz CT molecular complexity index is 802. The molecule has 0 fully saturated rings. The number of methoxy groups -OCH3 is 1. The predicted octanol–water partition coefficient (Wildman–Crippen LogP) is 2.92. The van der Waals surface area contributed by atoms with Gasteiger partial charge in [0.2, 0.25) is 0 Å². The number of ether oxygens (including phenoxy) is 4. The SMILES string of the molecule is COc1ccc2c(c1)C(NO)=CC(c1ccc3c(c1)OCCO3)O2. The normalized spacial score (nSPS) is 18.1. The molecule has 0 bridgehead atoms. The van der Waals surface area contributed by atoms with Crippen LogP contribution in [0.2, 0.25) is 0 Å². The molecule has 2 aromatic carbocycles. The average molecular weight is 327 g/mol. The zero-order valence-electron chi connectivity index (χ0n) is 13.1. The summed E-state index contributed by atoms with van der Waals surface area (Å²) in [5.74, 6) is 2.79. The molecule has 0 radical (unpaired) electrons. The van der Waals surface area contributed by atoms with Crippen LogP contribution in [0.3, 0.4) is 0 Å². The van der Waals surface area contributed by atoms with Crippen molar-refractivity contribution in [3.8, 4) is 23.0 Å². The monoisotopic (exact) mass is 327 g/mol. The van der Waals surface area contributed by atoms with Crippen LogP contribution in [0.25, 0.3) is 5.70 Å². The topological polar surface area (TPSA) is 69.2 Å². The van der Waals surface area contributed by atoms with Crippen molar-refractivity contribution in [3.63, 3.8) is 0 Å². The second-order valence-electron chi connectivity index (χ2n) is 5.50. The quantitative estimate of drug-likeness (QED) is 0.845. The van der Waals surface area contributed by atoms with Crippen molar-refractivity contribution in [2.24, 2.45) is 0 Å². The molecule has 0 saturated heterocycles. The summed E-state index contributed by atoms with van der Waals surface area (Å²) in [6.07, 6.45) is 1.46. The van der Waals surface area contributed by atoms with Crippen molar-refractivity contribution in [1.82, 2.24) is 5.48 Å². The smallest absolute Gasteiger partial charge is 0.161 e. The Labute approximate surface area is 139 Å². The van der Waals surface area contributed by atoms with E-state index in [1.165, 1.54) is 0 Å². The van der Waals surface area contributed by atoms with Gasteiger partial charge in [-0.2, -0.15) is 0 Å². The molecular weight excluding hydrogens is 310 g/mol. The van der Waals surface area contributed by atoms with Crippen LogP contribution in [0.4, 0.5) is 0 Å². The van der Waals surface area contributed by atoms with E-state index in [1.807, 2.05) is 42.5 Å². The third-order valence-electron chi connectivity index (χ3n) is 4.06. The minimum Gasteiger partial charge on any atom is -0.497 e. The van der Waals surface area contributed by atoms with Gasteiger partial charge in [0.15, 0.2) is 11.5 Å². The van der Waals surface area contributed by atoms with Gasteiger partial charge in [-0.3, -0.25) is 10.7 Å². The van der Waals surface area contributed by atoms with E-state index in [0.29, 0.717) is 36.2 Å². The van der Waals surface area contributed by atoms with Crippen LogP contribution in [-0.4, -0.2) is 25.5 Å². The number of hydroxylamine groups is 1. The average Bonchev–Trinajstić information content (AvgIpc) is 2.66. The maximum Gasteiger partial charge on any atom is 0.161 e. The Morgan fingerprint density at radius 2 is 1.83 bits per heavy atom. The molecule has 0 saturated carbocycles. The molecule has 2 aliphatic heterocycles. The van der Waals surface area contributed by atoms with Gasteiger partial charge in [0, 0.05) is 11.1 Å². The molecule has 6 nitrogen and oxygen atoms in total. The number of hydrogen-bond donors (Lipinski definition) is 2. The maximum atomic E-state index is 9.50. The van der Waals surface area contributed by atoms with Gasteiger partial charge in [0.25, 0.3) is 0 Å². The molecule has 0 aliphatic carbocycles. The largest absolute Gasteiger partial charge is 0.497 e. The molecule has 2 aromatic rings. The van der Waals surface area contributed by atoms with Crippen molar-refractivity contribution in [3.05, 3.63) is 53.6 Å². The molecule has 6 heteroatoms. The zero-order valence-corrected chi connectivity index (χ0v) is 13.1. The lowest BCUT2D eigenvalue weighted by Gasteiger charge is -2.26. The summed E-state index contributed by atoms with van der Waals surface area (Å²) in [6.45, 7) is 1.09. The van der Waals surface area contributed by atoms with E-state index in [2.05, 4.69) is 5.48 Å². The van der Waals surface area contributed by atoms with Crippen molar-refractivity contribution in [2.45, 2.75) is 6.10 Å². The highest BCUT2D eigenvalue weighted by molar-refractivity contribution is 5.72. The van der Waals surface area contributed by atoms with Gasteiger partial charge in [-0.25, -0.2) is 0 Å². The number of nitrogens with one attached hydrogen (secondary N) is 1. The minimum atomic E-state index is -0.351. The first-order valence-corrected chi connectivity index (χ1v) is 7.65. The van der Waals surface area contributed by atoms with Crippen LogP contribution in [0.5, 0.6) is 23.0 Å². The molecule has 2 N–H and O–H groups in total. The summed E-state index contributed by atoms with van der Waals surface area (Å²) in [4.78, 5) is 0. The molecule has 1 unspecified atom stereocenters. The highest BCUT2D eigenvalue weighted by Crippen LogP contribution is 2.40.